The predicted molar refractivity (Wildman–Crippen MR) is 59.2 cm³/mol. The van der Waals surface area contributed by atoms with Crippen LogP contribution in [0.3, 0.4) is 0 Å². The zero-order valence-corrected chi connectivity index (χ0v) is 8.88. The highest BCUT2D eigenvalue weighted by molar-refractivity contribution is 6.05. The van der Waals surface area contributed by atoms with E-state index in [1.54, 1.807) is 24.3 Å². The maximum Gasteiger partial charge on any atom is 0.320 e. The maximum atomic E-state index is 11.7. The van der Waals surface area contributed by atoms with Gasteiger partial charge in [-0.1, -0.05) is 18.2 Å². The van der Waals surface area contributed by atoms with Gasteiger partial charge in [0.05, 0.1) is 0 Å². The summed E-state index contributed by atoms with van der Waals surface area (Å²) in [7, 11) is 0. The number of fused-ring (bicyclic) bond motifs is 1. The summed E-state index contributed by atoms with van der Waals surface area (Å²) >= 11 is 0. The number of anilines is 1. The summed E-state index contributed by atoms with van der Waals surface area (Å²) in [4.78, 5) is 22.4. The number of hydrogen-bond acceptors (Lipinski definition) is 4. The first kappa shape index (κ1) is 11.6. The SMILES string of the molecule is NC(C[C@@]1(O)C(=O)Nc2ccccc21)C(=O)O. The smallest absolute Gasteiger partial charge is 0.320 e. The van der Waals surface area contributed by atoms with Gasteiger partial charge in [0.1, 0.15) is 6.04 Å². The van der Waals surface area contributed by atoms with E-state index in [0.717, 1.165) is 0 Å². The Morgan fingerprint density at radius 3 is 2.76 bits per heavy atom. The van der Waals surface area contributed by atoms with Crippen molar-refractivity contribution in [1.82, 2.24) is 0 Å². The second-order valence-electron chi connectivity index (χ2n) is 4.01. The molecule has 1 aliphatic rings. The molecule has 6 nitrogen and oxygen atoms in total. The fourth-order valence-electron chi connectivity index (χ4n) is 1.91. The second-order valence-corrected chi connectivity index (χ2v) is 4.01. The number of aliphatic hydroxyl groups is 1. The van der Waals surface area contributed by atoms with Gasteiger partial charge in [0, 0.05) is 17.7 Å². The maximum absolute atomic E-state index is 11.7. The minimum atomic E-state index is -1.87. The molecule has 0 saturated heterocycles. The zero-order valence-electron chi connectivity index (χ0n) is 8.88. The normalized spacial score (nSPS) is 24.0. The molecule has 0 spiro atoms. The Bertz CT molecular complexity index is 488. The molecule has 0 aliphatic carbocycles. The van der Waals surface area contributed by atoms with Gasteiger partial charge in [-0.25, -0.2) is 0 Å². The molecule has 1 heterocycles. The van der Waals surface area contributed by atoms with Gasteiger partial charge < -0.3 is 21.3 Å². The van der Waals surface area contributed by atoms with Gasteiger partial charge in [0.25, 0.3) is 5.91 Å². The van der Waals surface area contributed by atoms with Crippen LogP contribution in [0.2, 0.25) is 0 Å². The van der Waals surface area contributed by atoms with Crippen molar-refractivity contribution < 1.29 is 19.8 Å². The summed E-state index contributed by atoms with van der Waals surface area (Å²) in [5.41, 5.74) is 4.34. The van der Waals surface area contributed by atoms with Gasteiger partial charge in [-0.05, 0) is 6.07 Å². The third kappa shape index (κ3) is 1.77. The van der Waals surface area contributed by atoms with Crippen LogP contribution in [-0.2, 0) is 15.2 Å². The molecular weight excluding hydrogens is 224 g/mol. The van der Waals surface area contributed by atoms with E-state index in [2.05, 4.69) is 5.32 Å². The van der Waals surface area contributed by atoms with Crippen molar-refractivity contribution in [3.05, 3.63) is 29.8 Å². The molecule has 0 aromatic heterocycles. The number of nitrogens with two attached hydrogens (primary N) is 1. The summed E-state index contributed by atoms with van der Waals surface area (Å²) in [6.07, 6.45) is -0.356. The van der Waals surface area contributed by atoms with Gasteiger partial charge in [-0.2, -0.15) is 0 Å². The standard InChI is InChI=1S/C11H12N2O4/c12-7(9(14)15)5-11(17)6-3-1-2-4-8(6)13-10(11)16/h1-4,7,17H,5,12H2,(H,13,16)(H,14,15)/t7?,11-/m0/s1. The molecule has 0 fully saturated rings. The monoisotopic (exact) mass is 236 g/mol. The van der Waals surface area contributed by atoms with Crippen LogP contribution in [-0.4, -0.2) is 28.1 Å². The van der Waals surface area contributed by atoms with Crippen LogP contribution in [0, 0.1) is 0 Å². The number of carbonyl (C=O) groups is 2. The van der Waals surface area contributed by atoms with E-state index in [-0.39, 0.29) is 6.42 Å². The minimum absolute atomic E-state index is 0.356. The lowest BCUT2D eigenvalue weighted by Gasteiger charge is -2.22. The van der Waals surface area contributed by atoms with Crippen molar-refractivity contribution >= 4 is 17.6 Å². The molecule has 0 radical (unpaired) electrons. The van der Waals surface area contributed by atoms with E-state index >= 15 is 0 Å². The van der Waals surface area contributed by atoms with Gasteiger partial charge in [0.2, 0.25) is 0 Å². The molecule has 1 aromatic rings. The fraction of sp³-hybridized carbons (Fsp3) is 0.273. The predicted octanol–water partition coefficient (Wildman–Crippen LogP) is -0.372. The third-order valence-corrected chi connectivity index (χ3v) is 2.83. The first-order valence-electron chi connectivity index (χ1n) is 5.07. The first-order valence-corrected chi connectivity index (χ1v) is 5.07. The Balaban J connectivity index is 2.37. The number of amides is 1. The number of para-hydroxylation sites is 1. The second kappa shape index (κ2) is 3.83. The van der Waals surface area contributed by atoms with E-state index in [4.69, 9.17) is 10.8 Å². The number of benzene rings is 1. The number of aliphatic carboxylic acids is 1. The lowest BCUT2D eigenvalue weighted by Crippen LogP contribution is -2.43. The molecule has 2 rings (SSSR count). The molecular formula is C11H12N2O4. The van der Waals surface area contributed by atoms with E-state index in [0.29, 0.717) is 11.3 Å². The number of nitrogens with one attached hydrogen (secondary N) is 1. The van der Waals surface area contributed by atoms with Crippen molar-refractivity contribution in [1.29, 1.82) is 0 Å². The Labute approximate surface area is 97.1 Å². The molecule has 2 atom stereocenters. The van der Waals surface area contributed by atoms with Crippen LogP contribution < -0.4 is 11.1 Å². The minimum Gasteiger partial charge on any atom is -0.480 e. The van der Waals surface area contributed by atoms with E-state index < -0.39 is 23.5 Å². The zero-order chi connectivity index (χ0) is 12.6. The molecule has 0 bridgehead atoms. The first-order chi connectivity index (χ1) is 7.95. The highest BCUT2D eigenvalue weighted by Gasteiger charge is 2.46. The van der Waals surface area contributed by atoms with Crippen LogP contribution in [0.4, 0.5) is 5.69 Å². The highest BCUT2D eigenvalue weighted by Crippen LogP contribution is 2.38. The number of hydrogen-bond donors (Lipinski definition) is 4. The summed E-state index contributed by atoms with van der Waals surface area (Å²) in [5, 5.41) is 21.5. The molecule has 1 aliphatic heterocycles. The summed E-state index contributed by atoms with van der Waals surface area (Å²) in [6.45, 7) is 0. The molecule has 6 heteroatoms. The van der Waals surface area contributed by atoms with Gasteiger partial charge in [-0.15, -0.1) is 0 Å². The average Bonchev–Trinajstić information content (AvgIpc) is 2.52. The highest BCUT2D eigenvalue weighted by atomic mass is 16.4. The molecule has 17 heavy (non-hydrogen) atoms. The summed E-state index contributed by atoms with van der Waals surface area (Å²) < 4.78 is 0. The number of carboxylic acid groups (broad SMARTS) is 1. The molecule has 0 saturated carbocycles. The molecule has 1 unspecified atom stereocenters. The quantitative estimate of drug-likeness (QED) is 0.572. The Hall–Kier alpha value is -1.92. The number of carboxylic acids is 1. The summed E-state index contributed by atoms with van der Waals surface area (Å²) in [6, 6.07) is 5.29. The van der Waals surface area contributed by atoms with Crippen LogP contribution >= 0.6 is 0 Å². The molecule has 1 aromatic carbocycles. The van der Waals surface area contributed by atoms with Crippen LogP contribution in [0.15, 0.2) is 24.3 Å². The summed E-state index contributed by atoms with van der Waals surface area (Å²) in [5.74, 6) is -1.90. The molecule has 90 valence electrons. The van der Waals surface area contributed by atoms with Crippen LogP contribution in [0.25, 0.3) is 0 Å². The van der Waals surface area contributed by atoms with E-state index in [1.165, 1.54) is 0 Å². The van der Waals surface area contributed by atoms with Gasteiger partial charge in [0.15, 0.2) is 5.60 Å². The number of rotatable bonds is 3. The van der Waals surface area contributed by atoms with Gasteiger partial charge >= 0.3 is 5.97 Å². The molecule has 1 amide bonds. The Kier molecular flexibility index (Phi) is 2.60. The average molecular weight is 236 g/mol. The lowest BCUT2D eigenvalue weighted by atomic mass is 9.89. The van der Waals surface area contributed by atoms with Crippen molar-refractivity contribution in [2.45, 2.75) is 18.1 Å². The van der Waals surface area contributed by atoms with Crippen molar-refractivity contribution in [2.24, 2.45) is 5.73 Å². The van der Waals surface area contributed by atoms with Crippen LogP contribution in [0.5, 0.6) is 0 Å². The van der Waals surface area contributed by atoms with Gasteiger partial charge in [-0.3, -0.25) is 9.59 Å². The van der Waals surface area contributed by atoms with E-state index in [1.807, 2.05) is 0 Å². The topological polar surface area (TPSA) is 113 Å². The Morgan fingerprint density at radius 1 is 1.47 bits per heavy atom. The van der Waals surface area contributed by atoms with E-state index in [9.17, 15) is 14.7 Å². The van der Waals surface area contributed by atoms with Crippen molar-refractivity contribution in [3.8, 4) is 0 Å². The fourth-order valence-corrected chi connectivity index (χ4v) is 1.91. The van der Waals surface area contributed by atoms with Crippen molar-refractivity contribution in [3.63, 3.8) is 0 Å². The molecule has 5 N–H and O–H groups in total. The Morgan fingerprint density at radius 2 is 2.12 bits per heavy atom. The van der Waals surface area contributed by atoms with Crippen molar-refractivity contribution in [2.75, 3.05) is 5.32 Å². The third-order valence-electron chi connectivity index (χ3n) is 2.83. The van der Waals surface area contributed by atoms with Crippen LogP contribution in [0.1, 0.15) is 12.0 Å². The largest absolute Gasteiger partial charge is 0.480 e. The number of carbonyl (C=O) groups excluding carboxylic acids is 1. The lowest BCUT2D eigenvalue weighted by molar-refractivity contribution is -0.143.